The quantitative estimate of drug-likeness (QED) is 0.821. The van der Waals surface area contributed by atoms with Gasteiger partial charge in [0, 0.05) is 18.8 Å². The number of pyridine rings is 1. The average molecular weight is 255 g/mol. The predicted octanol–water partition coefficient (Wildman–Crippen LogP) is 1.82. The average Bonchev–Trinajstić information content (AvgIpc) is 2.85. The van der Waals surface area contributed by atoms with Crippen molar-refractivity contribution in [3.05, 3.63) is 29.8 Å². The number of nitrogens with one attached hydrogen (secondary N) is 1. The maximum absolute atomic E-state index is 5.54. The molecule has 0 aromatic carbocycles. The number of alkyl halides is 1. The van der Waals surface area contributed by atoms with E-state index in [4.69, 9.17) is 20.8 Å². The number of halogens is 1. The zero-order chi connectivity index (χ0) is 12.1. The van der Waals surface area contributed by atoms with E-state index in [0.717, 1.165) is 5.56 Å². The van der Waals surface area contributed by atoms with Gasteiger partial charge in [0.1, 0.15) is 5.88 Å². The highest BCUT2D eigenvalue weighted by Crippen LogP contribution is 2.11. The molecule has 0 amide bonds. The van der Waals surface area contributed by atoms with Crippen LogP contribution in [0.4, 0.5) is 6.01 Å². The molecule has 90 valence electrons. The van der Waals surface area contributed by atoms with Gasteiger partial charge in [0.2, 0.25) is 11.8 Å². The third-order valence-electron chi connectivity index (χ3n) is 2.03. The maximum atomic E-state index is 5.54. The van der Waals surface area contributed by atoms with E-state index in [1.54, 1.807) is 19.4 Å². The van der Waals surface area contributed by atoms with Crippen molar-refractivity contribution in [2.45, 2.75) is 12.4 Å². The lowest BCUT2D eigenvalue weighted by Crippen LogP contribution is -2.00. The molecule has 17 heavy (non-hydrogen) atoms. The predicted molar refractivity (Wildman–Crippen MR) is 62.0 cm³/mol. The first-order valence-corrected chi connectivity index (χ1v) is 5.46. The van der Waals surface area contributed by atoms with Gasteiger partial charge in [-0.15, -0.1) is 16.7 Å². The van der Waals surface area contributed by atoms with E-state index in [-0.39, 0.29) is 5.88 Å². The molecule has 0 aliphatic carbocycles. The number of nitrogens with zero attached hydrogens (tertiary/aromatic N) is 3. The number of anilines is 1. The van der Waals surface area contributed by atoms with E-state index >= 15 is 0 Å². The lowest BCUT2D eigenvalue weighted by Gasteiger charge is -2.02. The van der Waals surface area contributed by atoms with Crippen molar-refractivity contribution in [3.8, 4) is 5.88 Å². The van der Waals surface area contributed by atoms with Crippen molar-refractivity contribution in [3.63, 3.8) is 0 Å². The Bertz CT molecular complexity index is 471. The van der Waals surface area contributed by atoms with Gasteiger partial charge in [-0.05, 0) is 5.56 Å². The molecule has 0 spiro atoms. The molecular formula is C10H11ClN4O2. The van der Waals surface area contributed by atoms with Gasteiger partial charge in [-0.2, -0.15) is 0 Å². The second-order valence-corrected chi connectivity index (χ2v) is 3.46. The summed E-state index contributed by atoms with van der Waals surface area (Å²) in [6.45, 7) is 0.543. The number of methoxy groups -OCH3 is 1. The summed E-state index contributed by atoms with van der Waals surface area (Å²) < 4.78 is 10.2. The van der Waals surface area contributed by atoms with Crippen molar-refractivity contribution in [2.24, 2.45) is 0 Å². The van der Waals surface area contributed by atoms with E-state index in [1.165, 1.54) is 0 Å². The summed E-state index contributed by atoms with van der Waals surface area (Å²) in [5.74, 6) is 1.18. The lowest BCUT2D eigenvalue weighted by atomic mass is 10.3. The number of aromatic nitrogens is 3. The Morgan fingerprint density at radius 2 is 2.29 bits per heavy atom. The summed E-state index contributed by atoms with van der Waals surface area (Å²) in [6.07, 6.45) is 1.71. The van der Waals surface area contributed by atoms with Gasteiger partial charge in [-0.1, -0.05) is 11.2 Å². The smallest absolute Gasteiger partial charge is 0.315 e. The fraction of sp³-hybridized carbons (Fsp3) is 0.300. The summed E-state index contributed by atoms with van der Waals surface area (Å²) in [4.78, 5) is 4.08. The van der Waals surface area contributed by atoms with Crippen molar-refractivity contribution in [1.82, 2.24) is 15.2 Å². The standard InChI is InChI=1S/C10H11ClN4O2/c1-16-8-3-2-7(5-12-8)6-13-10-15-14-9(4-11)17-10/h2-3,5H,4,6H2,1H3,(H,13,15). The fourth-order valence-electron chi connectivity index (χ4n) is 1.19. The third kappa shape index (κ3) is 3.07. The van der Waals surface area contributed by atoms with E-state index in [2.05, 4.69) is 20.5 Å². The summed E-state index contributed by atoms with van der Waals surface area (Å²) in [5, 5.41) is 10.5. The Morgan fingerprint density at radius 1 is 1.41 bits per heavy atom. The van der Waals surface area contributed by atoms with Crippen LogP contribution in [0.15, 0.2) is 22.7 Å². The van der Waals surface area contributed by atoms with Gasteiger partial charge < -0.3 is 14.5 Å². The minimum atomic E-state index is 0.207. The Kier molecular flexibility index (Phi) is 3.77. The van der Waals surface area contributed by atoms with Crippen molar-refractivity contribution in [1.29, 1.82) is 0 Å². The molecule has 0 bridgehead atoms. The van der Waals surface area contributed by atoms with Gasteiger partial charge >= 0.3 is 6.01 Å². The molecule has 0 fully saturated rings. The minimum absolute atomic E-state index is 0.207. The van der Waals surface area contributed by atoms with E-state index in [0.29, 0.717) is 24.3 Å². The van der Waals surface area contributed by atoms with Gasteiger partial charge in [-0.3, -0.25) is 0 Å². The molecule has 0 aliphatic rings. The van der Waals surface area contributed by atoms with E-state index < -0.39 is 0 Å². The molecular weight excluding hydrogens is 244 g/mol. The molecule has 7 heteroatoms. The molecule has 2 rings (SSSR count). The molecule has 1 N–H and O–H groups in total. The van der Waals surface area contributed by atoms with Gasteiger partial charge in [0.25, 0.3) is 0 Å². The van der Waals surface area contributed by atoms with Crippen LogP contribution in [0.25, 0.3) is 0 Å². The first-order chi connectivity index (χ1) is 8.31. The molecule has 6 nitrogen and oxygen atoms in total. The molecule has 0 aliphatic heterocycles. The first-order valence-electron chi connectivity index (χ1n) is 4.93. The van der Waals surface area contributed by atoms with Gasteiger partial charge in [0.05, 0.1) is 7.11 Å². The molecule has 0 atom stereocenters. The Hall–Kier alpha value is -1.82. The highest BCUT2D eigenvalue weighted by Gasteiger charge is 2.04. The second-order valence-electron chi connectivity index (χ2n) is 3.20. The van der Waals surface area contributed by atoms with Gasteiger partial charge in [-0.25, -0.2) is 4.98 Å². The zero-order valence-electron chi connectivity index (χ0n) is 9.18. The van der Waals surface area contributed by atoms with Crippen LogP contribution in [0.3, 0.4) is 0 Å². The van der Waals surface area contributed by atoms with Crippen LogP contribution in [0.1, 0.15) is 11.5 Å². The van der Waals surface area contributed by atoms with Crippen LogP contribution in [0, 0.1) is 0 Å². The zero-order valence-corrected chi connectivity index (χ0v) is 9.94. The SMILES string of the molecule is COc1ccc(CNc2nnc(CCl)o2)cn1. The number of hydrogen-bond acceptors (Lipinski definition) is 6. The Labute approximate surface area is 103 Å². The summed E-state index contributed by atoms with van der Waals surface area (Å²) in [7, 11) is 1.58. The number of rotatable bonds is 5. The first kappa shape index (κ1) is 11.7. The van der Waals surface area contributed by atoms with Crippen LogP contribution in [-0.4, -0.2) is 22.3 Å². The fourth-order valence-corrected chi connectivity index (χ4v) is 1.30. The molecule has 0 radical (unpaired) electrons. The molecule has 0 unspecified atom stereocenters. The third-order valence-corrected chi connectivity index (χ3v) is 2.26. The molecule has 2 aromatic heterocycles. The normalized spacial score (nSPS) is 10.2. The second kappa shape index (κ2) is 5.49. The van der Waals surface area contributed by atoms with Crippen molar-refractivity contribution >= 4 is 17.6 Å². The van der Waals surface area contributed by atoms with E-state index in [1.807, 2.05) is 6.07 Å². The molecule has 0 saturated carbocycles. The summed E-state index contributed by atoms with van der Waals surface area (Å²) in [6, 6.07) is 4.03. The van der Waals surface area contributed by atoms with Crippen molar-refractivity contribution < 1.29 is 9.15 Å². The Balaban J connectivity index is 1.92. The largest absolute Gasteiger partial charge is 0.481 e. The van der Waals surface area contributed by atoms with Crippen LogP contribution >= 0.6 is 11.6 Å². The molecule has 0 saturated heterocycles. The van der Waals surface area contributed by atoms with Crippen molar-refractivity contribution in [2.75, 3.05) is 12.4 Å². The van der Waals surface area contributed by atoms with Crippen LogP contribution < -0.4 is 10.1 Å². The summed E-state index contributed by atoms with van der Waals surface area (Å²) in [5.41, 5.74) is 0.983. The minimum Gasteiger partial charge on any atom is -0.481 e. The maximum Gasteiger partial charge on any atom is 0.315 e. The van der Waals surface area contributed by atoms with Crippen LogP contribution in [0.2, 0.25) is 0 Å². The molecule has 2 aromatic rings. The van der Waals surface area contributed by atoms with Crippen LogP contribution in [-0.2, 0) is 12.4 Å². The van der Waals surface area contributed by atoms with Gasteiger partial charge in [0.15, 0.2) is 0 Å². The summed E-state index contributed by atoms with van der Waals surface area (Å²) >= 11 is 5.54. The Morgan fingerprint density at radius 3 is 2.88 bits per heavy atom. The number of hydrogen-bond donors (Lipinski definition) is 1. The monoisotopic (exact) mass is 254 g/mol. The number of ether oxygens (including phenoxy) is 1. The lowest BCUT2D eigenvalue weighted by molar-refractivity contribution is 0.397. The van der Waals surface area contributed by atoms with E-state index in [9.17, 15) is 0 Å². The molecule has 2 heterocycles. The topological polar surface area (TPSA) is 73.1 Å². The highest BCUT2D eigenvalue weighted by molar-refractivity contribution is 6.16. The highest BCUT2D eigenvalue weighted by atomic mass is 35.5. The van der Waals surface area contributed by atoms with Crippen LogP contribution in [0.5, 0.6) is 5.88 Å².